The summed E-state index contributed by atoms with van der Waals surface area (Å²) in [6.07, 6.45) is -0.631. The van der Waals surface area contributed by atoms with E-state index in [0.717, 1.165) is 23.7 Å². The molecule has 8 nitrogen and oxygen atoms in total. The van der Waals surface area contributed by atoms with E-state index in [9.17, 15) is 22.0 Å². The second kappa shape index (κ2) is 8.89. The van der Waals surface area contributed by atoms with Gasteiger partial charge in [0.15, 0.2) is 0 Å². The Morgan fingerprint density at radius 3 is 2.52 bits per heavy atom. The van der Waals surface area contributed by atoms with Crippen molar-refractivity contribution in [3.63, 3.8) is 0 Å². The fourth-order valence-corrected chi connectivity index (χ4v) is 3.85. The summed E-state index contributed by atoms with van der Waals surface area (Å²) in [5.41, 5.74) is -0.652. The van der Waals surface area contributed by atoms with Crippen LogP contribution in [0.1, 0.15) is 35.3 Å². The molecule has 2 heterocycles. The van der Waals surface area contributed by atoms with Crippen LogP contribution in [0.3, 0.4) is 0 Å². The lowest BCUT2D eigenvalue weighted by Crippen LogP contribution is -2.45. The van der Waals surface area contributed by atoms with Crippen LogP contribution in [0.5, 0.6) is 5.75 Å². The summed E-state index contributed by atoms with van der Waals surface area (Å²) in [7, 11) is 0.634. The van der Waals surface area contributed by atoms with E-state index in [1.807, 2.05) is 0 Å². The van der Waals surface area contributed by atoms with E-state index < -0.39 is 28.2 Å². The van der Waals surface area contributed by atoms with E-state index in [1.165, 1.54) is 18.4 Å². The molecule has 0 N–H and O–H groups in total. The number of nitrogens with zero attached hydrogens (tertiary/aromatic N) is 3. The maximum Gasteiger partial charge on any atom is 0.356 e. The van der Waals surface area contributed by atoms with Gasteiger partial charge in [-0.15, -0.1) is 0 Å². The zero-order valence-electron chi connectivity index (χ0n) is 15.4. The van der Waals surface area contributed by atoms with Gasteiger partial charge in [0.1, 0.15) is 11.4 Å². The third-order valence-electron chi connectivity index (χ3n) is 4.36. The molecule has 1 aliphatic heterocycles. The third kappa shape index (κ3) is 5.11. The second-order valence-electron chi connectivity index (χ2n) is 6.34. The van der Waals surface area contributed by atoms with E-state index in [2.05, 4.69) is 9.72 Å². The van der Waals surface area contributed by atoms with E-state index >= 15 is 0 Å². The molecule has 0 bridgehead atoms. The molecule has 2 rings (SSSR count). The number of halogens is 2. The average molecular weight is 407 g/mol. The fraction of sp³-hybridized carbons (Fsp3) is 0.625. The molecule has 1 aromatic rings. The van der Waals surface area contributed by atoms with Crippen molar-refractivity contribution in [3.8, 4) is 5.75 Å². The SMILES string of the molecule is COC(=O)c1cc(C(F)F)c(OCC2CCN(S(=O)(=O)N(C)C)CC2)cn1. The molecule has 0 aromatic carbocycles. The summed E-state index contributed by atoms with van der Waals surface area (Å²) in [6, 6.07) is 0.956. The summed E-state index contributed by atoms with van der Waals surface area (Å²) >= 11 is 0. The van der Waals surface area contributed by atoms with Crippen molar-refractivity contribution in [2.24, 2.45) is 5.92 Å². The smallest absolute Gasteiger partial charge is 0.356 e. The van der Waals surface area contributed by atoms with Crippen molar-refractivity contribution in [1.82, 2.24) is 13.6 Å². The highest BCUT2D eigenvalue weighted by atomic mass is 32.2. The molecule has 1 fully saturated rings. The van der Waals surface area contributed by atoms with Gasteiger partial charge in [-0.1, -0.05) is 0 Å². The number of carbonyl (C=O) groups excluding carboxylic acids is 1. The summed E-state index contributed by atoms with van der Waals surface area (Å²) in [5.74, 6) is -0.872. The largest absolute Gasteiger partial charge is 0.491 e. The van der Waals surface area contributed by atoms with Crippen molar-refractivity contribution in [1.29, 1.82) is 0 Å². The van der Waals surface area contributed by atoms with Gasteiger partial charge in [-0.25, -0.2) is 18.6 Å². The summed E-state index contributed by atoms with van der Waals surface area (Å²) in [5, 5.41) is 0. The minimum atomic E-state index is -3.45. The molecule has 27 heavy (non-hydrogen) atoms. The highest BCUT2D eigenvalue weighted by molar-refractivity contribution is 7.86. The number of ether oxygens (including phenoxy) is 2. The summed E-state index contributed by atoms with van der Waals surface area (Å²) < 4.78 is 63.2. The van der Waals surface area contributed by atoms with Gasteiger partial charge in [0.05, 0.1) is 25.5 Å². The van der Waals surface area contributed by atoms with Crippen molar-refractivity contribution >= 4 is 16.2 Å². The molecular weight excluding hydrogens is 384 g/mol. The monoisotopic (exact) mass is 407 g/mol. The van der Waals surface area contributed by atoms with E-state index in [4.69, 9.17) is 4.74 Å². The number of aromatic nitrogens is 1. The predicted octanol–water partition coefficient (Wildman–Crippen LogP) is 1.70. The van der Waals surface area contributed by atoms with Crippen LogP contribution in [0.4, 0.5) is 8.78 Å². The average Bonchev–Trinajstić information content (AvgIpc) is 2.65. The first-order valence-electron chi connectivity index (χ1n) is 8.33. The third-order valence-corrected chi connectivity index (χ3v) is 6.30. The van der Waals surface area contributed by atoms with Crippen molar-refractivity contribution in [3.05, 3.63) is 23.5 Å². The van der Waals surface area contributed by atoms with Gasteiger partial charge >= 0.3 is 5.97 Å². The molecule has 0 atom stereocenters. The zero-order valence-corrected chi connectivity index (χ0v) is 16.2. The molecule has 11 heteroatoms. The van der Waals surface area contributed by atoms with Gasteiger partial charge in [-0.05, 0) is 24.8 Å². The van der Waals surface area contributed by atoms with Crippen LogP contribution < -0.4 is 4.74 Å². The number of hydrogen-bond acceptors (Lipinski definition) is 6. The Kier molecular flexibility index (Phi) is 7.06. The first-order valence-corrected chi connectivity index (χ1v) is 9.73. The number of esters is 1. The van der Waals surface area contributed by atoms with Gasteiger partial charge in [-0.2, -0.15) is 17.0 Å². The Balaban J connectivity index is 1.99. The minimum Gasteiger partial charge on any atom is -0.491 e. The number of methoxy groups -OCH3 is 1. The normalized spacial score (nSPS) is 16.7. The van der Waals surface area contributed by atoms with Gasteiger partial charge in [0.2, 0.25) is 0 Å². The molecule has 0 radical (unpaired) electrons. The Morgan fingerprint density at radius 2 is 2.00 bits per heavy atom. The standard InChI is InChI=1S/C16H23F2N3O5S/c1-20(2)27(23,24)21-6-4-11(5-7-21)10-26-14-9-19-13(16(22)25-3)8-12(14)15(17)18/h8-9,11,15H,4-7,10H2,1-3H3. The molecular formula is C16H23F2N3O5S. The molecule has 152 valence electrons. The van der Waals surface area contributed by atoms with Crippen LogP contribution in [-0.4, -0.2) is 68.9 Å². The number of hydrogen-bond donors (Lipinski definition) is 0. The van der Waals surface area contributed by atoms with Crippen LogP contribution >= 0.6 is 0 Å². The first-order chi connectivity index (χ1) is 12.7. The van der Waals surface area contributed by atoms with Crippen molar-refractivity contribution < 1.29 is 31.5 Å². The molecule has 0 saturated carbocycles. The topological polar surface area (TPSA) is 89.0 Å². The summed E-state index contributed by atoms with van der Waals surface area (Å²) in [6.45, 7) is 0.848. The zero-order chi connectivity index (χ0) is 20.2. The molecule has 1 aromatic heterocycles. The highest BCUT2D eigenvalue weighted by Gasteiger charge is 2.30. The van der Waals surface area contributed by atoms with Crippen LogP contribution in [-0.2, 0) is 14.9 Å². The molecule has 1 aliphatic rings. The van der Waals surface area contributed by atoms with Crippen molar-refractivity contribution in [2.45, 2.75) is 19.3 Å². The van der Waals surface area contributed by atoms with Gasteiger partial charge in [-0.3, -0.25) is 0 Å². The number of pyridine rings is 1. The number of piperidine rings is 1. The Bertz CT molecular complexity index is 765. The number of rotatable bonds is 7. The Hall–Kier alpha value is -1.85. The lowest BCUT2D eigenvalue weighted by Gasteiger charge is -2.32. The van der Waals surface area contributed by atoms with Gasteiger partial charge in [0.25, 0.3) is 16.6 Å². The Labute approximate surface area is 157 Å². The Morgan fingerprint density at radius 1 is 1.37 bits per heavy atom. The molecule has 1 saturated heterocycles. The first kappa shape index (κ1) is 21.5. The molecule has 0 spiro atoms. The quantitative estimate of drug-likeness (QED) is 0.640. The lowest BCUT2D eigenvalue weighted by atomic mass is 9.99. The summed E-state index contributed by atoms with van der Waals surface area (Å²) in [4.78, 5) is 15.2. The minimum absolute atomic E-state index is 0.0319. The maximum atomic E-state index is 13.3. The lowest BCUT2D eigenvalue weighted by molar-refractivity contribution is 0.0593. The van der Waals surface area contributed by atoms with E-state index in [-0.39, 0.29) is 24.0 Å². The van der Waals surface area contributed by atoms with Crippen LogP contribution in [0.25, 0.3) is 0 Å². The fourth-order valence-electron chi connectivity index (χ4n) is 2.71. The highest BCUT2D eigenvalue weighted by Crippen LogP contribution is 2.30. The predicted molar refractivity (Wildman–Crippen MR) is 92.9 cm³/mol. The second-order valence-corrected chi connectivity index (χ2v) is 8.49. The van der Waals surface area contributed by atoms with Gasteiger partial charge < -0.3 is 9.47 Å². The van der Waals surface area contributed by atoms with Crippen LogP contribution in [0, 0.1) is 5.92 Å². The maximum absolute atomic E-state index is 13.3. The van der Waals surface area contributed by atoms with Crippen molar-refractivity contribution in [2.75, 3.05) is 40.9 Å². The number of carbonyl (C=O) groups is 1. The van der Waals surface area contributed by atoms with E-state index in [0.29, 0.717) is 25.9 Å². The molecule has 0 unspecified atom stereocenters. The number of alkyl halides is 2. The van der Waals surface area contributed by atoms with Crippen LogP contribution in [0.2, 0.25) is 0 Å². The van der Waals surface area contributed by atoms with Gasteiger partial charge in [0, 0.05) is 27.2 Å². The van der Waals surface area contributed by atoms with Crippen LogP contribution in [0.15, 0.2) is 12.3 Å². The molecule has 0 aliphatic carbocycles. The molecule has 0 amide bonds. The van der Waals surface area contributed by atoms with E-state index in [1.54, 1.807) is 0 Å².